The number of carbonyl (C=O) groups excluding carboxylic acids is 2. The van der Waals surface area contributed by atoms with Gasteiger partial charge in [0.2, 0.25) is 11.8 Å². The lowest BCUT2D eigenvalue weighted by molar-refractivity contribution is -0.138. The van der Waals surface area contributed by atoms with Gasteiger partial charge in [0, 0.05) is 38.8 Å². The highest BCUT2D eigenvalue weighted by molar-refractivity contribution is 5.85. The van der Waals surface area contributed by atoms with E-state index in [0.29, 0.717) is 44.8 Å². The zero-order valence-electron chi connectivity index (χ0n) is 16.2. The molecule has 3 unspecified atom stereocenters. The first-order valence-corrected chi connectivity index (χ1v) is 9.73. The van der Waals surface area contributed by atoms with Gasteiger partial charge in [-0.2, -0.15) is 0 Å². The van der Waals surface area contributed by atoms with E-state index in [1.807, 2.05) is 4.90 Å². The molecule has 2 heterocycles. The highest BCUT2D eigenvalue weighted by Crippen LogP contribution is 2.23. The number of morpholine rings is 1. The first-order chi connectivity index (χ1) is 12.1. The third-order valence-corrected chi connectivity index (χ3v) is 5.57. The van der Waals surface area contributed by atoms with Gasteiger partial charge in [0.25, 0.3) is 0 Å². The van der Waals surface area contributed by atoms with E-state index in [1.165, 1.54) is 12.8 Å². The van der Waals surface area contributed by atoms with Crippen LogP contribution >= 0.6 is 24.8 Å². The van der Waals surface area contributed by atoms with Crippen molar-refractivity contribution < 1.29 is 14.3 Å². The van der Waals surface area contributed by atoms with E-state index in [9.17, 15) is 9.59 Å². The van der Waals surface area contributed by atoms with Gasteiger partial charge in [-0.05, 0) is 18.8 Å². The van der Waals surface area contributed by atoms with Gasteiger partial charge in [0.05, 0.1) is 19.8 Å². The molecule has 0 aromatic carbocycles. The van der Waals surface area contributed by atoms with Crippen LogP contribution in [0.15, 0.2) is 0 Å². The van der Waals surface area contributed by atoms with Crippen LogP contribution in [0.4, 0.5) is 0 Å². The smallest absolute Gasteiger partial charge is 0.242 e. The lowest BCUT2D eigenvalue weighted by Crippen LogP contribution is -2.58. The first kappa shape index (κ1) is 24.4. The monoisotopic (exact) mass is 424 g/mol. The topological polar surface area (TPSA) is 73.9 Å². The van der Waals surface area contributed by atoms with Crippen molar-refractivity contribution in [2.75, 3.05) is 52.5 Å². The number of rotatable bonds is 4. The number of amides is 2. The maximum Gasteiger partial charge on any atom is 0.242 e. The summed E-state index contributed by atoms with van der Waals surface area (Å²) in [4.78, 5) is 28.8. The number of halogens is 2. The van der Waals surface area contributed by atoms with Gasteiger partial charge in [-0.25, -0.2) is 0 Å². The molecule has 158 valence electrons. The Morgan fingerprint density at radius 2 is 1.89 bits per heavy atom. The second-order valence-corrected chi connectivity index (χ2v) is 7.72. The molecule has 27 heavy (non-hydrogen) atoms. The first-order valence-electron chi connectivity index (χ1n) is 9.73. The molecule has 0 aromatic rings. The third kappa shape index (κ3) is 7.38. The number of carbonyl (C=O) groups is 2. The van der Waals surface area contributed by atoms with Crippen LogP contribution < -0.4 is 10.6 Å². The van der Waals surface area contributed by atoms with Crippen LogP contribution in [-0.4, -0.2) is 86.2 Å². The zero-order valence-corrected chi connectivity index (χ0v) is 17.8. The lowest BCUT2D eigenvalue weighted by atomic mass is 9.87. The minimum Gasteiger partial charge on any atom is -0.378 e. The summed E-state index contributed by atoms with van der Waals surface area (Å²) in [5, 5.41) is 6.41. The molecule has 7 nitrogen and oxygen atoms in total. The van der Waals surface area contributed by atoms with E-state index < -0.39 is 0 Å². The van der Waals surface area contributed by atoms with Crippen molar-refractivity contribution in [2.24, 2.45) is 5.92 Å². The normalized spacial score (nSPS) is 29.2. The van der Waals surface area contributed by atoms with Crippen molar-refractivity contribution in [1.82, 2.24) is 20.4 Å². The molecule has 2 amide bonds. The Labute approximate surface area is 174 Å². The standard InChI is InChI=1S/C18H32N4O3.2ClH/c1-14-3-2-4-15(11-14)20-17(23)12-21-6-8-22(9-7-21)18(24)16-13-25-10-5-19-16;;/h14-16,19H,2-13H2,1H3,(H,20,23);2*1H. The van der Waals surface area contributed by atoms with Crippen LogP contribution in [-0.2, 0) is 14.3 Å². The average Bonchev–Trinajstić information content (AvgIpc) is 2.62. The molecule has 2 aliphatic heterocycles. The molecule has 3 aliphatic rings. The number of ether oxygens (including phenoxy) is 1. The van der Waals surface area contributed by atoms with Gasteiger partial charge in [0.1, 0.15) is 6.04 Å². The Morgan fingerprint density at radius 3 is 2.52 bits per heavy atom. The average molecular weight is 425 g/mol. The second-order valence-electron chi connectivity index (χ2n) is 7.72. The molecule has 3 fully saturated rings. The van der Waals surface area contributed by atoms with Crippen molar-refractivity contribution in [3.63, 3.8) is 0 Å². The summed E-state index contributed by atoms with van der Waals surface area (Å²) in [6.45, 7) is 7.46. The summed E-state index contributed by atoms with van der Waals surface area (Å²) in [6.07, 6.45) is 4.70. The molecule has 1 saturated carbocycles. The quantitative estimate of drug-likeness (QED) is 0.693. The van der Waals surface area contributed by atoms with Crippen molar-refractivity contribution in [2.45, 2.75) is 44.7 Å². The van der Waals surface area contributed by atoms with Crippen molar-refractivity contribution in [3.8, 4) is 0 Å². The summed E-state index contributed by atoms with van der Waals surface area (Å²) >= 11 is 0. The third-order valence-electron chi connectivity index (χ3n) is 5.57. The predicted octanol–water partition coefficient (Wildman–Crippen LogP) is 0.658. The summed E-state index contributed by atoms with van der Waals surface area (Å²) in [5.41, 5.74) is 0. The van der Waals surface area contributed by atoms with Crippen LogP contribution in [0.25, 0.3) is 0 Å². The highest BCUT2D eigenvalue weighted by atomic mass is 35.5. The van der Waals surface area contributed by atoms with Crippen molar-refractivity contribution >= 4 is 36.6 Å². The molecule has 3 rings (SSSR count). The fourth-order valence-corrected chi connectivity index (χ4v) is 4.11. The summed E-state index contributed by atoms with van der Waals surface area (Å²) < 4.78 is 5.37. The van der Waals surface area contributed by atoms with Crippen LogP contribution in [0.5, 0.6) is 0 Å². The summed E-state index contributed by atoms with van der Waals surface area (Å²) in [5.74, 6) is 0.965. The van der Waals surface area contributed by atoms with Crippen LogP contribution in [0.2, 0.25) is 0 Å². The van der Waals surface area contributed by atoms with Crippen molar-refractivity contribution in [1.29, 1.82) is 0 Å². The van der Waals surface area contributed by atoms with E-state index in [4.69, 9.17) is 4.74 Å². The Bertz CT molecular complexity index is 470. The van der Waals surface area contributed by atoms with Gasteiger partial charge < -0.3 is 20.3 Å². The molecule has 9 heteroatoms. The molecule has 0 radical (unpaired) electrons. The molecule has 2 N–H and O–H groups in total. The van der Waals surface area contributed by atoms with E-state index in [2.05, 4.69) is 22.5 Å². The van der Waals surface area contributed by atoms with Crippen molar-refractivity contribution in [3.05, 3.63) is 0 Å². The van der Waals surface area contributed by atoms with E-state index in [-0.39, 0.29) is 42.7 Å². The van der Waals surface area contributed by atoms with E-state index in [1.54, 1.807) is 0 Å². The SMILES string of the molecule is CC1CCCC(NC(=O)CN2CCN(C(=O)C3COCCN3)CC2)C1.Cl.Cl. The van der Waals surface area contributed by atoms with Gasteiger partial charge in [-0.15, -0.1) is 24.8 Å². The molecule has 0 spiro atoms. The number of hydrogen-bond donors (Lipinski definition) is 2. The van der Waals surface area contributed by atoms with E-state index >= 15 is 0 Å². The van der Waals surface area contributed by atoms with Gasteiger partial charge in [-0.3, -0.25) is 14.5 Å². The number of nitrogens with one attached hydrogen (secondary N) is 2. The number of hydrogen-bond acceptors (Lipinski definition) is 5. The molecular formula is C18H34Cl2N4O3. The Morgan fingerprint density at radius 1 is 1.15 bits per heavy atom. The molecule has 0 aromatic heterocycles. The molecule has 2 saturated heterocycles. The largest absolute Gasteiger partial charge is 0.378 e. The molecular weight excluding hydrogens is 391 g/mol. The zero-order chi connectivity index (χ0) is 17.6. The summed E-state index contributed by atoms with van der Waals surface area (Å²) in [6, 6.07) is 0.133. The Kier molecular flexibility index (Phi) is 10.9. The highest BCUT2D eigenvalue weighted by Gasteiger charge is 2.29. The second kappa shape index (κ2) is 12.1. The van der Waals surface area contributed by atoms with Gasteiger partial charge in [-0.1, -0.05) is 19.8 Å². The molecule has 3 atom stereocenters. The predicted molar refractivity (Wildman–Crippen MR) is 110 cm³/mol. The van der Waals surface area contributed by atoms with Crippen LogP contribution in [0, 0.1) is 5.92 Å². The fourth-order valence-electron chi connectivity index (χ4n) is 4.11. The molecule has 0 bridgehead atoms. The van der Waals surface area contributed by atoms with Crippen LogP contribution in [0.3, 0.4) is 0 Å². The maximum atomic E-state index is 12.5. The minimum absolute atomic E-state index is 0. The van der Waals surface area contributed by atoms with E-state index in [0.717, 1.165) is 32.5 Å². The number of nitrogens with zero attached hydrogens (tertiary/aromatic N) is 2. The fraction of sp³-hybridized carbons (Fsp3) is 0.889. The molecule has 1 aliphatic carbocycles. The van der Waals surface area contributed by atoms with Gasteiger partial charge >= 0.3 is 0 Å². The van der Waals surface area contributed by atoms with Gasteiger partial charge in [0.15, 0.2) is 0 Å². The van der Waals surface area contributed by atoms with Crippen LogP contribution in [0.1, 0.15) is 32.6 Å². The number of piperazine rings is 1. The Hall–Kier alpha value is -0.600. The maximum absolute atomic E-state index is 12.5. The summed E-state index contributed by atoms with van der Waals surface area (Å²) in [7, 11) is 0. The lowest BCUT2D eigenvalue weighted by Gasteiger charge is -2.37. The minimum atomic E-state index is -0.211. The Balaban J connectivity index is 0.00000182.